The number of rotatable bonds is 2. The van der Waals surface area contributed by atoms with Crippen molar-refractivity contribution in [2.75, 3.05) is 10.9 Å². The first-order valence-electron chi connectivity index (χ1n) is 6.49. The average Bonchev–Trinajstić information content (AvgIpc) is 3.01. The molecule has 110 valence electrons. The molecular weight excluding hydrogens is 292 g/mol. The van der Waals surface area contributed by atoms with Gasteiger partial charge in [0.15, 0.2) is 0 Å². The number of anilines is 1. The molecular formula is C14H14N2O4S. The van der Waals surface area contributed by atoms with E-state index >= 15 is 0 Å². The van der Waals surface area contributed by atoms with Crippen LogP contribution in [0.4, 0.5) is 10.5 Å². The molecule has 0 N–H and O–H groups in total. The number of ether oxygens (including phenoxy) is 1. The second-order valence-corrected chi connectivity index (χ2v) is 6.44. The topological polar surface area (TPSA) is 68.6 Å². The molecule has 0 spiro atoms. The summed E-state index contributed by atoms with van der Waals surface area (Å²) < 4.78 is 31.7. The van der Waals surface area contributed by atoms with Gasteiger partial charge in [-0.25, -0.2) is 13.2 Å². The zero-order valence-corrected chi connectivity index (χ0v) is 12.2. The highest BCUT2D eigenvalue weighted by molar-refractivity contribution is 7.93. The smallest absolute Gasteiger partial charge is 0.428 e. The second-order valence-electron chi connectivity index (χ2n) is 4.62. The van der Waals surface area contributed by atoms with Crippen molar-refractivity contribution in [1.29, 1.82) is 0 Å². The standard InChI is InChI=1S/C14H14N2O4S/c1-2-20-14(17)16-13-6-5-12(15-7-3-4-8-15)9-11(13)10-21(16,18)19/h3-9H,2,10H2,1H3. The largest absolute Gasteiger partial charge is 0.449 e. The normalized spacial score (nSPS) is 15.8. The maximum Gasteiger partial charge on any atom is 0.428 e. The Balaban J connectivity index is 2.05. The molecule has 0 saturated heterocycles. The van der Waals surface area contributed by atoms with Gasteiger partial charge in [0.05, 0.1) is 18.0 Å². The molecule has 21 heavy (non-hydrogen) atoms. The van der Waals surface area contributed by atoms with Crippen LogP contribution in [0.25, 0.3) is 5.69 Å². The predicted octanol–water partition coefficient (Wildman–Crippen LogP) is 2.28. The Labute approximate surface area is 122 Å². The first-order chi connectivity index (χ1) is 10.0. The summed E-state index contributed by atoms with van der Waals surface area (Å²) in [5.74, 6) is -0.198. The van der Waals surface area contributed by atoms with Crippen molar-refractivity contribution in [3.8, 4) is 5.69 Å². The number of carbonyl (C=O) groups is 1. The van der Waals surface area contributed by atoms with Crippen LogP contribution >= 0.6 is 0 Å². The number of carbonyl (C=O) groups excluding carboxylic acids is 1. The van der Waals surface area contributed by atoms with Crippen molar-refractivity contribution in [2.24, 2.45) is 0 Å². The predicted molar refractivity (Wildman–Crippen MR) is 77.9 cm³/mol. The van der Waals surface area contributed by atoms with E-state index in [1.165, 1.54) is 0 Å². The molecule has 0 fully saturated rings. The van der Waals surface area contributed by atoms with Gasteiger partial charge in [0.25, 0.3) is 0 Å². The van der Waals surface area contributed by atoms with Crippen molar-refractivity contribution < 1.29 is 17.9 Å². The van der Waals surface area contributed by atoms with E-state index in [1.54, 1.807) is 25.1 Å². The summed E-state index contributed by atoms with van der Waals surface area (Å²) in [6, 6.07) is 8.94. The summed E-state index contributed by atoms with van der Waals surface area (Å²) in [7, 11) is -3.70. The van der Waals surface area contributed by atoms with Crippen LogP contribution in [0.2, 0.25) is 0 Å². The quantitative estimate of drug-likeness (QED) is 0.853. The van der Waals surface area contributed by atoms with Crippen LogP contribution in [0, 0.1) is 0 Å². The van der Waals surface area contributed by atoms with Crippen LogP contribution in [0.15, 0.2) is 42.7 Å². The molecule has 0 saturated carbocycles. The second kappa shape index (κ2) is 4.92. The Morgan fingerprint density at radius 1 is 1.29 bits per heavy atom. The summed E-state index contributed by atoms with van der Waals surface area (Å²) in [4.78, 5) is 11.9. The van der Waals surface area contributed by atoms with Gasteiger partial charge in [0, 0.05) is 18.1 Å². The van der Waals surface area contributed by atoms with Crippen molar-refractivity contribution in [2.45, 2.75) is 12.7 Å². The maximum absolute atomic E-state index is 12.2. The number of amides is 1. The Morgan fingerprint density at radius 3 is 2.67 bits per heavy atom. The van der Waals surface area contributed by atoms with Crippen LogP contribution in [0.3, 0.4) is 0 Å². The van der Waals surface area contributed by atoms with Gasteiger partial charge in [-0.2, -0.15) is 4.31 Å². The molecule has 0 unspecified atom stereocenters. The first kappa shape index (κ1) is 13.7. The molecule has 1 aromatic heterocycles. The number of fused-ring (bicyclic) bond motifs is 1. The zero-order valence-electron chi connectivity index (χ0n) is 11.4. The van der Waals surface area contributed by atoms with Crippen LogP contribution in [-0.2, 0) is 20.5 Å². The lowest BCUT2D eigenvalue weighted by molar-refractivity contribution is 0.164. The van der Waals surface area contributed by atoms with Gasteiger partial charge in [0.1, 0.15) is 0 Å². The lowest BCUT2D eigenvalue weighted by atomic mass is 10.2. The maximum atomic E-state index is 12.2. The van der Waals surface area contributed by atoms with E-state index in [0.717, 1.165) is 9.99 Å². The fraction of sp³-hybridized carbons (Fsp3) is 0.214. The van der Waals surface area contributed by atoms with E-state index in [0.29, 0.717) is 11.3 Å². The molecule has 0 bridgehead atoms. The third-order valence-corrected chi connectivity index (χ3v) is 4.81. The molecule has 2 aromatic rings. The SMILES string of the molecule is CCOC(=O)N1c2ccc(-n3cccc3)cc2CS1(=O)=O. The number of nitrogens with zero attached hydrogens (tertiary/aromatic N) is 2. The number of hydrogen-bond acceptors (Lipinski definition) is 4. The van der Waals surface area contributed by atoms with Crippen molar-refractivity contribution in [3.05, 3.63) is 48.3 Å². The Kier molecular flexibility index (Phi) is 3.21. The fourth-order valence-corrected chi connectivity index (χ4v) is 3.87. The summed E-state index contributed by atoms with van der Waals surface area (Å²) in [5, 5.41) is 0. The minimum absolute atomic E-state index is 0.127. The van der Waals surface area contributed by atoms with Crippen LogP contribution in [-0.4, -0.2) is 25.7 Å². The Bertz CT molecular complexity index is 781. The van der Waals surface area contributed by atoms with E-state index in [1.807, 2.05) is 29.1 Å². The highest BCUT2D eigenvalue weighted by atomic mass is 32.2. The molecule has 1 aliphatic rings. The van der Waals surface area contributed by atoms with Gasteiger partial charge < -0.3 is 9.30 Å². The Morgan fingerprint density at radius 2 is 2.00 bits per heavy atom. The summed E-state index contributed by atoms with van der Waals surface area (Å²) >= 11 is 0. The van der Waals surface area contributed by atoms with E-state index < -0.39 is 16.1 Å². The average molecular weight is 306 g/mol. The van der Waals surface area contributed by atoms with Crippen LogP contribution < -0.4 is 4.31 Å². The molecule has 0 radical (unpaired) electrons. The van der Waals surface area contributed by atoms with Crippen molar-refractivity contribution >= 4 is 21.8 Å². The number of hydrogen-bond donors (Lipinski definition) is 0. The monoisotopic (exact) mass is 306 g/mol. The molecule has 0 atom stereocenters. The molecule has 7 heteroatoms. The van der Waals surface area contributed by atoms with Crippen molar-refractivity contribution in [3.63, 3.8) is 0 Å². The van der Waals surface area contributed by atoms with E-state index in [-0.39, 0.29) is 12.4 Å². The number of benzene rings is 1. The van der Waals surface area contributed by atoms with Gasteiger partial charge in [0.2, 0.25) is 10.0 Å². The van der Waals surface area contributed by atoms with E-state index in [4.69, 9.17) is 4.74 Å². The molecule has 2 heterocycles. The molecule has 1 aromatic carbocycles. The minimum Gasteiger partial charge on any atom is -0.449 e. The molecule has 3 rings (SSSR count). The summed E-state index contributed by atoms with van der Waals surface area (Å²) in [6.45, 7) is 1.76. The first-order valence-corrected chi connectivity index (χ1v) is 8.10. The highest BCUT2D eigenvalue weighted by Gasteiger charge is 2.39. The van der Waals surface area contributed by atoms with E-state index in [9.17, 15) is 13.2 Å². The third-order valence-electron chi connectivity index (χ3n) is 3.23. The number of aromatic nitrogens is 1. The fourth-order valence-electron chi connectivity index (χ4n) is 2.36. The lowest BCUT2D eigenvalue weighted by Crippen LogP contribution is -2.34. The van der Waals surface area contributed by atoms with E-state index in [2.05, 4.69) is 0 Å². The summed E-state index contributed by atoms with van der Waals surface area (Å²) in [6.07, 6.45) is 2.88. The molecule has 1 aliphatic heterocycles. The third kappa shape index (κ3) is 2.29. The number of sulfonamides is 1. The van der Waals surface area contributed by atoms with Gasteiger partial charge in [-0.1, -0.05) is 0 Å². The summed E-state index contributed by atoms with van der Waals surface area (Å²) in [5.41, 5.74) is 1.80. The van der Waals surface area contributed by atoms with Gasteiger partial charge in [-0.15, -0.1) is 0 Å². The van der Waals surface area contributed by atoms with Gasteiger partial charge in [-0.05, 0) is 42.8 Å². The van der Waals surface area contributed by atoms with Crippen LogP contribution in [0.5, 0.6) is 0 Å². The van der Waals surface area contributed by atoms with Crippen molar-refractivity contribution in [1.82, 2.24) is 4.57 Å². The zero-order chi connectivity index (χ0) is 15.0. The van der Waals surface area contributed by atoms with Gasteiger partial charge in [-0.3, -0.25) is 0 Å². The minimum atomic E-state index is -3.70. The lowest BCUT2D eigenvalue weighted by Gasteiger charge is -2.15. The highest BCUT2D eigenvalue weighted by Crippen LogP contribution is 2.35. The Hall–Kier alpha value is -2.28. The molecule has 1 amide bonds. The van der Waals surface area contributed by atoms with Crippen LogP contribution in [0.1, 0.15) is 12.5 Å². The van der Waals surface area contributed by atoms with Gasteiger partial charge >= 0.3 is 6.09 Å². The molecule has 6 nitrogen and oxygen atoms in total. The molecule has 0 aliphatic carbocycles.